The highest BCUT2D eigenvalue weighted by Gasteiger charge is 2.54. The van der Waals surface area contributed by atoms with Gasteiger partial charge in [0, 0.05) is 24.3 Å². The molecule has 0 aliphatic carbocycles. The minimum atomic E-state index is -0.860. The molecule has 39 heavy (non-hydrogen) atoms. The number of hydrogen-bond donors (Lipinski definition) is 1. The molecule has 0 amide bonds. The van der Waals surface area contributed by atoms with E-state index in [-0.39, 0.29) is 4.59 Å². The smallest absolute Gasteiger partial charge is 0.162 e. The van der Waals surface area contributed by atoms with Gasteiger partial charge < -0.3 is 0 Å². The maximum absolute atomic E-state index is 13.0. The Bertz CT molecular complexity index is 1740. The van der Waals surface area contributed by atoms with Crippen LogP contribution in [0, 0.1) is 0 Å². The standard InChI is InChI=1S/C36H27N2O/c39-26-33-25-38(34-21-19-27-11-7-9-13-29(27)23-34,35-22-20-28-12-8-10-14-30(28)24-35)37-36(33,31-15-3-1-4-16-31)32-17-5-2-6-18-32/h1-26,37H/q+1. The Morgan fingerprint density at radius 2 is 0.949 bits per heavy atom. The van der Waals surface area contributed by atoms with Crippen molar-refractivity contribution in [2.45, 2.75) is 5.54 Å². The van der Waals surface area contributed by atoms with Crippen LogP contribution in [0.3, 0.4) is 0 Å². The molecule has 0 aromatic heterocycles. The third-order valence-electron chi connectivity index (χ3n) is 7.93. The largest absolute Gasteiger partial charge is 0.298 e. The van der Waals surface area contributed by atoms with E-state index in [0.717, 1.165) is 39.6 Å². The van der Waals surface area contributed by atoms with E-state index in [9.17, 15) is 4.79 Å². The minimum Gasteiger partial charge on any atom is -0.298 e. The molecule has 6 aromatic rings. The van der Waals surface area contributed by atoms with Crippen LogP contribution >= 0.6 is 0 Å². The highest BCUT2D eigenvalue weighted by molar-refractivity contribution is 5.91. The monoisotopic (exact) mass is 503 g/mol. The van der Waals surface area contributed by atoms with Crippen molar-refractivity contribution in [3.63, 3.8) is 0 Å². The van der Waals surface area contributed by atoms with Crippen molar-refractivity contribution in [1.29, 1.82) is 0 Å². The summed E-state index contributed by atoms with van der Waals surface area (Å²) in [5.74, 6) is 0. The summed E-state index contributed by atoms with van der Waals surface area (Å²) in [6.45, 7) is 0. The summed E-state index contributed by atoms with van der Waals surface area (Å²) < 4.78 is 0.188. The van der Waals surface area contributed by atoms with Crippen LogP contribution in [0.15, 0.2) is 157 Å². The molecule has 0 radical (unpaired) electrons. The molecular formula is C36H27N2O+. The van der Waals surface area contributed by atoms with Gasteiger partial charge in [0.15, 0.2) is 23.2 Å². The van der Waals surface area contributed by atoms with Crippen LogP contribution in [0.25, 0.3) is 21.5 Å². The van der Waals surface area contributed by atoms with Crippen LogP contribution in [0.4, 0.5) is 11.4 Å². The number of quaternary nitrogens is 1. The molecule has 7 rings (SSSR count). The van der Waals surface area contributed by atoms with Crippen molar-refractivity contribution in [2.75, 3.05) is 0 Å². The van der Waals surface area contributed by atoms with Gasteiger partial charge in [-0.15, -0.1) is 5.43 Å². The summed E-state index contributed by atoms with van der Waals surface area (Å²) in [6, 6.07) is 50.4. The molecule has 3 nitrogen and oxygen atoms in total. The van der Waals surface area contributed by atoms with Crippen LogP contribution in [-0.4, -0.2) is 6.29 Å². The van der Waals surface area contributed by atoms with E-state index in [2.05, 4.69) is 121 Å². The highest BCUT2D eigenvalue weighted by atomic mass is 16.1. The number of benzene rings is 6. The maximum atomic E-state index is 13.0. The van der Waals surface area contributed by atoms with Crippen LogP contribution in [0.2, 0.25) is 0 Å². The summed E-state index contributed by atoms with van der Waals surface area (Å²) >= 11 is 0. The van der Waals surface area contributed by atoms with E-state index in [1.54, 1.807) is 0 Å². The molecule has 0 bridgehead atoms. The van der Waals surface area contributed by atoms with Crippen molar-refractivity contribution >= 4 is 39.2 Å². The van der Waals surface area contributed by atoms with E-state index < -0.39 is 5.54 Å². The van der Waals surface area contributed by atoms with Gasteiger partial charge in [-0.2, -0.15) is 4.59 Å². The third kappa shape index (κ3) is 3.63. The molecule has 0 saturated carbocycles. The number of aldehydes is 1. The summed E-state index contributed by atoms with van der Waals surface area (Å²) in [5, 5.41) is 4.64. The van der Waals surface area contributed by atoms with Gasteiger partial charge in [-0.05, 0) is 44.8 Å². The predicted molar refractivity (Wildman–Crippen MR) is 160 cm³/mol. The van der Waals surface area contributed by atoms with Crippen LogP contribution < -0.4 is 10.0 Å². The Morgan fingerprint density at radius 3 is 1.41 bits per heavy atom. The molecule has 1 aliphatic heterocycles. The average Bonchev–Trinajstić information content (AvgIpc) is 3.39. The van der Waals surface area contributed by atoms with Crippen molar-refractivity contribution in [3.05, 3.63) is 168 Å². The molecule has 1 aliphatic rings. The molecule has 1 N–H and O–H groups in total. The number of rotatable bonds is 5. The zero-order valence-corrected chi connectivity index (χ0v) is 21.4. The second kappa shape index (κ2) is 9.17. The molecule has 1 heterocycles. The average molecular weight is 504 g/mol. The zero-order valence-electron chi connectivity index (χ0n) is 21.4. The van der Waals surface area contributed by atoms with E-state index in [4.69, 9.17) is 0 Å². The first-order chi connectivity index (χ1) is 19.2. The predicted octanol–water partition coefficient (Wildman–Crippen LogP) is 8.18. The van der Waals surface area contributed by atoms with Crippen LogP contribution in [0.5, 0.6) is 0 Å². The molecule has 3 heteroatoms. The molecule has 0 saturated heterocycles. The summed E-state index contributed by atoms with van der Waals surface area (Å²) in [4.78, 5) is 13.0. The van der Waals surface area contributed by atoms with E-state index in [0.29, 0.717) is 5.57 Å². The van der Waals surface area contributed by atoms with Gasteiger partial charge in [0.25, 0.3) is 0 Å². The molecule has 0 atom stereocenters. The van der Waals surface area contributed by atoms with Crippen molar-refractivity contribution in [1.82, 2.24) is 10.0 Å². The van der Waals surface area contributed by atoms with Gasteiger partial charge in [-0.3, -0.25) is 4.79 Å². The Morgan fingerprint density at radius 1 is 0.513 bits per heavy atom. The number of nitrogens with zero attached hydrogens (tertiary/aromatic N) is 1. The first-order valence-corrected chi connectivity index (χ1v) is 13.2. The lowest BCUT2D eigenvalue weighted by molar-refractivity contribution is -0.105. The molecule has 186 valence electrons. The minimum absolute atomic E-state index is 0.188. The second-order valence-electron chi connectivity index (χ2n) is 10.1. The lowest BCUT2D eigenvalue weighted by Gasteiger charge is -2.37. The Hall–Kier alpha value is -4.83. The summed E-state index contributed by atoms with van der Waals surface area (Å²) in [5.41, 5.74) is 7.91. The quantitative estimate of drug-likeness (QED) is 0.190. The van der Waals surface area contributed by atoms with Crippen LogP contribution in [-0.2, 0) is 10.3 Å². The molecule has 6 aromatic carbocycles. The second-order valence-corrected chi connectivity index (χ2v) is 10.1. The van der Waals surface area contributed by atoms with Crippen molar-refractivity contribution in [2.24, 2.45) is 0 Å². The van der Waals surface area contributed by atoms with Gasteiger partial charge >= 0.3 is 0 Å². The number of carbonyl (C=O) groups excluding carboxylic acids is 1. The Kier molecular flexibility index (Phi) is 5.48. The summed E-state index contributed by atoms with van der Waals surface area (Å²) in [7, 11) is 0. The lowest BCUT2D eigenvalue weighted by atomic mass is 9.79. The lowest BCUT2D eigenvalue weighted by Crippen LogP contribution is -2.56. The zero-order chi connectivity index (χ0) is 26.3. The number of nitrogens with one attached hydrogen (secondary N) is 1. The fourth-order valence-electron chi connectivity index (χ4n) is 6.01. The van der Waals surface area contributed by atoms with Crippen LogP contribution in [0.1, 0.15) is 11.1 Å². The summed E-state index contributed by atoms with van der Waals surface area (Å²) in [6.07, 6.45) is 3.09. The Balaban J connectivity index is 1.55. The third-order valence-corrected chi connectivity index (χ3v) is 7.93. The van der Waals surface area contributed by atoms with Crippen molar-refractivity contribution < 1.29 is 4.79 Å². The highest BCUT2D eigenvalue weighted by Crippen LogP contribution is 2.49. The number of hydrogen-bond acceptors (Lipinski definition) is 2. The fourth-order valence-corrected chi connectivity index (χ4v) is 6.01. The number of fused-ring (bicyclic) bond motifs is 2. The van der Waals surface area contributed by atoms with E-state index >= 15 is 0 Å². The van der Waals surface area contributed by atoms with Gasteiger partial charge in [0.1, 0.15) is 6.20 Å². The molecule has 0 spiro atoms. The topological polar surface area (TPSA) is 29.1 Å². The molecule has 0 fully saturated rings. The van der Waals surface area contributed by atoms with Gasteiger partial charge in [-0.1, -0.05) is 109 Å². The van der Waals surface area contributed by atoms with Gasteiger partial charge in [0.2, 0.25) is 0 Å². The van der Waals surface area contributed by atoms with E-state index in [1.807, 2.05) is 36.4 Å². The normalized spacial score (nSPS) is 15.7. The molecular weight excluding hydrogens is 476 g/mol. The molecule has 0 unspecified atom stereocenters. The first kappa shape index (κ1) is 23.3. The van der Waals surface area contributed by atoms with Gasteiger partial charge in [0.05, 0.1) is 5.57 Å². The Labute approximate surface area is 227 Å². The maximum Gasteiger partial charge on any atom is 0.162 e. The SMILES string of the molecule is O=CC1=C[N+](c2ccc3ccccc3c2)(c2ccc3ccccc3c2)NC1(c1ccccc1)c1ccccc1. The van der Waals surface area contributed by atoms with Gasteiger partial charge in [-0.25, -0.2) is 0 Å². The van der Waals surface area contributed by atoms with Crippen molar-refractivity contribution in [3.8, 4) is 0 Å². The fraction of sp³-hybridized carbons (Fsp3) is 0.0278. The first-order valence-electron chi connectivity index (χ1n) is 13.2. The number of carbonyl (C=O) groups is 1. The van der Waals surface area contributed by atoms with E-state index in [1.165, 1.54) is 10.8 Å².